The molecule has 0 radical (unpaired) electrons. The van der Waals surface area contributed by atoms with E-state index in [9.17, 15) is 19.0 Å². The largest absolute Gasteiger partial charge is 0.756 e. The number of hydrogen-bond acceptors (Lipinski definition) is 8. The molecule has 0 saturated heterocycles. The van der Waals surface area contributed by atoms with Crippen LogP contribution in [0, 0.1) is 0 Å². The molecule has 88 heavy (non-hydrogen) atoms. The predicted molar refractivity (Wildman–Crippen MR) is 378 cm³/mol. The fourth-order valence-corrected chi connectivity index (χ4v) is 9.44. The van der Waals surface area contributed by atoms with Crippen molar-refractivity contribution >= 4 is 19.8 Å². The fraction of sp³-hybridized carbons (Fsp3) is 0.590. The van der Waals surface area contributed by atoms with Crippen molar-refractivity contribution in [3.63, 3.8) is 0 Å². The van der Waals surface area contributed by atoms with E-state index in [0.29, 0.717) is 23.9 Å². The highest BCUT2D eigenvalue weighted by Crippen LogP contribution is 2.38. The molecule has 0 aliphatic heterocycles. The normalized spacial score (nSPS) is 14.3. The van der Waals surface area contributed by atoms with Crippen molar-refractivity contribution in [3.8, 4) is 0 Å². The zero-order valence-electron chi connectivity index (χ0n) is 56.3. The average Bonchev–Trinajstić information content (AvgIpc) is 3.68. The summed E-state index contributed by atoms with van der Waals surface area (Å²) in [4.78, 5) is 38.1. The second-order valence-corrected chi connectivity index (χ2v) is 24.8. The molecular weight excluding hydrogens is 1110 g/mol. The number of phosphoric acid groups is 1. The lowest BCUT2D eigenvalue weighted by Crippen LogP contribution is -2.37. The first kappa shape index (κ1) is 83.1. The third-order valence-electron chi connectivity index (χ3n) is 13.9. The van der Waals surface area contributed by atoms with Crippen molar-refractivity contribution in [2.75, 3.05) is 47.5 Å². The number of allylic oxidation sites excluding steroid dienone is 30. The van der Waals surface area contributed by atoms with Crippen LogP contribution in [0.2, 0.25) is 0 Å². The molecule has 2 atom stereocenters. The molecule has 0 aromatic rings. The van der Waals surface area contributed by atoms with Crippen LogP contribution in [-0.4, -0.2) is 70.0 Å². The summed E-state index contributed by atoms with van der Waals surface area (Å²) in [6.45, 7) is 3.96. The van der Waals surface area contributed by atoms with Crippen molar-refractivity contribution in [1.82, 2.24) is 0 Å². The molecule has 0 aliphatic carbocycles. The molecule has 0 saturated carbocycles. The van der Waals surface area contributed by atoms with E-state index >= 15 is 0 Å². The van der Waals surface area contributed by atoms with Crippen molar-refractivity contribution in [2.24, 2.45) is 0 Å². The summed E-state index contributed by atoms with van der Waals surface area (Å²) in [6.07, 6.45) is 102. The highest BCUT2D eigenvalue weighted by molar-refractivity contribution is 7.45. The van der Waals surface area contributed by atoms with E-state index in [1.54, 1.807) is 0 Å². The Bertz CT molecular complexity index is 2140. The Balaban J connectivity index is 4.17. The number of likely N-dealkylation sites (N-methyl/N-ethyl adjacent to an activating group) is 1. The Hall–Kier alpha value is -4.89. The lowest BCUT2D eigenvalue weighted by molar-refractivity contribution is -0.870. The molecule has 0 rings (SSSR count). The number of quaternary nitrogens is 1. The van der Waals surface area contributed by atoms with Crippen LogP contribution in [0.15, 0.2) is 182 Å². The Morgan fingerprint density at radius 3 is 0.909 bits per heavy atom. The van der Waals surface area contributed by atoms with Crippen LogP contribution in [0.1, 0.15) is 245 Å². The molecule has 0 bridgehead atoms. The van der Waals surface area contributed by atoms with Crippen LogP contribution >= 0.6 is 7.82 Å². The van der Waals surface area contributed by atoms with Gasteiger partial charge in [-0.3, -0.25) is 14.2 Å². The quantitative estimate of drug-likeness (QED) is 0.0195. The van der Waals surface area contributed by atoms with E-state index in [4.69, 9.17) is 18.5 Å². The van der Waals surface area contributed by atoms with Crippen LogP contribution in [0.4, 0.5) is 0 Å². The Kier molecular flexibility index (Phi) is 62.8. The van der Waals surface area contributed by atoms with Gasteiger partial charge in [-0.05, 0) is 135 Å². The maximum Gasteiger partial charge on any atom is 0.306 e. The van der Waals surface area contributed by atoms with Crippen molar-refractivity contribution in [1.29, 1.82) is 0 Å². The monoisotopic (exact) mass is 1240 g/mol. The number of unbranched alkanes of at least 4 members (excludes halogenated alkanes) is 17. The SMILES string of the molecule is CC/C=C\C/C=C\C/C=C\C/C=C\C/C=C\C/C=C\C/C=C\C/C=C\CCCCCCC(=O)OC(COC(=O)CCCCCCCCCCCCCCC/C=C\C/C=C\C/C=C\C/C=C\C/C=C\C/C=C\C/C=C\CC)COP(=O)([O-])OCC[N+](C)(C)C. The average molecular weight is 1240 g/mol. The van der Waals surface area contributed by atoms with Crippen LogP contribution in [0.3, 0.4) is 0 Å². The summed E-state index contributed by atoms with van der Waals surface area (Å²) in [6, 6.07) is 0. The molecule has 10 heteroatoms. The molecule has 0 fully saturated rings. The summed E-state index contributed by atoms with van der Waals surface area (Å²) in [5.74, 6) is -0.875. The topological polar surface area (TPSA) is 111 Å². The number of ether oxygens (including phenoxy) is 2. The Morgan fingerprint density at radius 2 is 0.614 bits per heavy atom. The van der Waals surface area contributed by atoms with Gasteiger partial charge in [0, 0.05) is 12.8 Å². The van der Waals surface area contributed by atoms with E-state index in [1.165, 1.54) is 64.2 Å². The highest BCUT2D eigenvalue weighted by atomic mass is 31.2. The minimum absolute atomic E-state index is 0.0461. The van der Waals surface area contributed by atoms with Gasteiger partial charge in [0.15, 0.2) is 6.10 Å². The maximum absolute atomic E-state index is 12.9. The van der Waals surface area contributed by atoms with Gasteiger partial charge in [0.2, 0.25) is 0 Å². The second-order valence-electron chi connectivity index (χ2n) is 23.4. The van der Waals surface area contributed by atoms with E-state index in [2.05, 4.69) is 196 Å². The van der Waals surface area contributed by atoms with Crippen molar-refractivity contribution in [3.05, 3.63) is 182 Å². The van der Waals surface area contributed by atoms with Gasteiger partial charge in [0.25, 0.3) is 7.82 Å². The van der Waals surface area contributed by atoms with Crippen LogP contribution in [-0.2, 0) is 32.7 Å². The molecule has 496 valence electrons. The molecule has 0 spiro atoms. The first-order valence-corrected chi connectivity index (χ1v) is 36.0. The lowest BCUT2D eigenvalue weighted by atomic mass is 10.0. The summed E-state index contributed by atoms with van der Waals surface area (Å²) in [5, 5.41) is 0. The van der Waals surface area contributed by atoms with E-state index in [0.717, 1.165) is 141 Å². The summed E-state index contributed by atoms with van der Waals surface area (Å²) in [5.41, 5.74) is 0. The number of carbonyl (C=O) groups excluding carboxylic acids is 2. The van der Waals surface area contributed by atoms with E-state index in [-0.39, 0.29) is 26.1 Å². The number of nitrogens with zero attached hydrogens (tertiary/aromatic N) is 1. The van der Waals surface area contributed by atoms with Gasteiger partial charge in [-0.25, -0.2) is 0 Å². The number of carbonyl (C=O) groups is 2. The zero-order valence-corrected chi connectivity index (χ0v) is 57.2. The van der Waals surface area contributed by atoms with Crippen LogP contribution < -0.4 is 4.89 Å². The van der Waals surface area contributed by atoms with Gasteiger partial charge >= 0.3 is 11.9 Å². The second kappa shape index (κ2) is 66.5. The number of phosphoric ester groups is 1. The molecule has 0 heterocycles. The molecule has 0 aromatic heterocycles. The first-order chi connectivity index (χ1) is 43.0. The molecular formula is C78H126NO8P. The standard InChI is InChI=1S/C78H126NO8P/c1-6-8-10-12-14-16-18-20-22-24-26-28-30-32-34-36-37-38-39-40-41-43-44-46-48-50-52-54-56-58-60-62-64-66-68-70-77(80)84-74-76(75-86-88(82,83)85-73-72-79(3,4)5)87-78(81)71-69-67-65-63-61-59-57-55-53-51-49-47-45-42-35-33-31-29-27-25-23-21-19-17-15-13-11-9-7-2/h8-11,14-17,20-23,26-29,32-35,37-38,40-41,45,47,51,53,57,59,76H,6-7,12-13,18-19,24-25,30-31,36,39,42-44,46,48-50,52,54-56,58,60-75H2,1-5H3/b10-8-,11-9-,16-14-,17-15-,22-20-,23-21-,28-26-,29-27-,34-32-,35-33-,38-37-,41-40-,47-45-,53-51-,59-57-. The maximum atomic E-state index is 12.9. The van der Waals surface area contributed by atoms with Gasteiger partial charge in [-0.1, -0.05) is 280 Å². The summed E-state index contributed by atoms with van der Waals surface area (Å²) >= 11 is 0. The molecule has 0 aromatic carbocycles. The molecule has 0 aliphatic rings. The smallest absolute Gasteiger partial charge is 0.306 e. The number of hydrogen-bond donors (Lipinski definition) is 0. The van der Waals surface area contributed by atoms with Gasteiger partial charge in [0.05, 0.1) is 27.7 Å². The first-order valence-electron chi connectivity index (χ1n) is 34.5. The molecule has 0 N–H and O–H groups in total. The van der Waals surface area contributed by atoms with E-state index < -0.39 is 32.5 Å². The summed E-state index contributed by atoms with van der Waals surface area (Å²) in [7, 11) is 1.12. The van der Waals surface area contributed by atoms with Crippen LogP contribution in [0.5, 0.6) is 0 Å². The number of rotatable bonds is 61. The van der Waals surface area contributed by atoms with Gasteiger partial charge in [-0.2, -0.15) is 0 Å². The zero-order chi connectivity index (χ0) is 64.1. The molecule has 9 nitrogen and oxygen atoms in total. The third kappa shape index (κ3) is 70.2. The van der Waals surface area contributed by atoms with E-state index in [1.807, 2.05) is 21.1 Å². The summed E-state index contributed by atoms with van der Waals surface area (Å²) < 4.78 is 34.3. The predicted octanol–water partition coefficient (Wildman–Crippen LogP) is 22.1. The third-order valence-corrected chi connectivity index (χ3v) is 14.9. The van der Waals surface area contributed by atoms with Gasteiger partial charge < -0.3 is 27.9 Å². The minimum atomic E-state index is -4.66. The van der Waals surface area contributed by atoms with Crippen LogP contribution in [0.25, 0.3) is 0 Å². The minimum Gasteiger partial charge on any atom is -0.756 e. The molecule has 2 unspecified atom stereocenters. The number of esters is 2. The molecule has 0 amide bonds. The van der Waals surface area contributed by atoms with Crippen molar-refractivity contribution in [2.45, 2.75) is 251 Å². The fourth-order valence-electron chi connectivity index (χ4n) is 8.71. The van der Waals surface area contributed by atoms with Gasteiger partial charge in [-0.15, -0.1) is 0 Å². The Labute approximate surface area is 540 Å². The lowest BCUT2D eigenvalue weighted by Gasteiger charge is -2.28. The Morgan fingerprint density at radius 1 is 0.352 bits per heavy atom. The van der Waals surface area contributed by atoms with Gasteiger partial charge in [0.1, 0.15) is 19.8 Å². The highest BCUT2D eigenvalue weighted by Gasteiger charge is 2.22. The van der Waals surface area contributed by atoms with Crippen molar-refractivity contribution < 1.29 is 42.1 Å².